The summed E-state index contributed by atoms with van der Waals surface area (Å²) in [5.74, 6) is -2.03. The third kappa shape index (κ3) is 4.25. The van der Waals surface area contributed by atoms with Gasteiger partial charge >= 0.3 is 11.9 Å². The van der Waals surface area contributed by atoms with Gasteiger partial charge in [-0.2, -0.15) is 0 Å². The van der Waals surface area contributed by atoms with Crippen LogP contribution in [0.2, 0.25) is 0 Å². The topological polar surface area (TPSA) is 98.8 Å². The molecule has 0 aliphatic carbocycles. The molecule has 0 spiro atoms. The van der Waals surface area contributed by atoms with Gasteiger partial charge in [0.25, 0.3) is 10.0 Å². The number of benzene rings is 2. The van der Waals surface area contributed by atoms with E-state index in [2.05, 4.69) is 4.72 Å². The van der Waals surface area contributed by atoms with Crippen molar-refractivity contribution in [3.8, 4) is 0 Å². The van der Waals surface area contributed by atoms with Gasteiger partial charge in [0.2, 0.25) is 6.10 Å². The first-order chi connectivity index (χ1) is 12.8. The minimum absolute atomic E-state index is 0.0602. The fraction of sp³-hybridized carbons (Fsp3) is 0.222. The van der Waals surface area contributed by atoms with E-state index in [1.54, 1.807) is 0 Å². The lowest BCUT2D eigenvalue weighted by Crippen LogP contribution is -2.22. The molecular weight excluding hydrogens is 377 g/mol. The standard InChI is InChI=1S/C18H16FNO6S/c1-11-5-6-14(10-15(11)19)27(23,24)20-13-4-2-3-12(9-13)17(21)26-16-7-8-25-18(16)22/h2-6,9-10,16,20H,7-8H2,1H3/t16-/m0/s1. The summed E-state index contributed by atoms with van der Waals surface area (Å²) in [5, 5.41) is 0. The molecule has 9 heteroatoms. The summed E-state index contributed by atoms with van der Waals surface area (Å²) in [6.07, 6.45) is -0.691. The summed E-state index contributed by atoms with van der Waals surface area (Å²) in [7, 11) is -4.04. The molecule has 1 aliphatic heterocycles. The Balaban J connectivity index is 1.77. The molecule has 7 nitrogen and oxygen atoms in total. The van der Waals surface area contributed by atoms with Crippen LogP contribution in [0.3, 0.4) is 0 Å². The van der Waals surface area contributed by atoms with E-state index in [0.717, 1.165) is 6.07 Å². The molecule has 1 N–H and O–H groups in total. The van der Waals surface area contributed by atoms with Crippen LogP contribution < -0.4 is 4.72 Å². The average molecular weight is 393 g/mol. The van der Waals surface area contributed by atoms with Crippen molar-refractivity contribution in [3.05, 3.63) is 59.4 Å². The fourth-order valence-corrected chi connectivity index (χ4v) is 3.51. The first-order valence-electron chi connectivity index (χ1n) is 8.03. The maximum absolute atomic E-state index is 13.7. The number of anilines is 1. The van der Waals surface area contributed by atoms with Crippen LogP contribution in [0.15, 0.2) is 47.4 Å². The van der Waals surface area contributed by atoms with E-state index in [1.165, 1.54) is 43.3 Å². The highest BCUT2D eigenvalue weighted by Crippen LogP contribution is 2.20. The summed E-state index contributed by atoms with van der Waals surface area (Å²) >= 11 is 0. The zero-order valence-corrected chi connectivity index (χ0v) is 15.1. The van der Waals surface area contributed by atoms with Gasteiger partial charge in [0.15, 0.2) is 0 Å². The molecule has 1 saturated heterocycles. The van der Waals surface area contributed by atoms with Crippen molar-refractivity contribution in [1.82, 2.24) is 0 Å². The predicted molar refractivity (Wildman–Crippen MR) is 93.2 cm³/mol. The smallest absolute Gasteiger partial charge is 0.347 e. The molecule has 0 bridgehead atoms. The Kier molecular flexibility index (Phi) is 5.13. The molecule has 1 atom stereocenters. The van der Waals surface area contributed by atoms with Gasteiger partial charge in [-0.3, -0.25) is 4.72 Å². The van der Waals surface area contributed by atoms with E-state index < -0.39 is 33.9 Å². The highest BCUT2D eigenvalue weighted by molar-refractivity contribution is 7.92. The average Bonchev–Trinajstić information content (AvgIpc) is 3.02. The summed E-state index contributed by atoms with van der Waals surface area (Å²) < 4.78 is 50.6. The maximum Gasteiger partial charge on any atom is 0.347 e. The minimum Gasteiger partial charge on any atom is -0.463 e. The number of sulfonamides is 1. The molecule has 1 heterocycles. The van der Waals surface area contributed by atoms with Crippen molar-refractivity contribution in [2.75, 3.05) is 11.3 Å². The van der Waals surface area contributed by atoms with Crippen LogP contribution in [0.5, 0.6) is 0 Å². The van der Waals surface area contributed by atoms with Crippen molar-refractivity contribution >= 4 is 27.6 Å². The molecule has 0 aromatic heterocycles. The number of hydrogen-bond acceptors (Lipinski definition) is 6. The number of halogens is 1. The first kappa shape index (κ1) is 18.8. The SMILES string of the molecule is Cc1ccc(S(=O)(=O)Nc2cccc(C(=O)O[C@H]3CCOC3=O)c2)cc1F. The Morgan fingerprint density at radius 1 is 1.26 bits per heavy atom. The van der Waals surface area contributed by atoms with Crippen LogP contribution in [0.4, 0.5) is 10.1 Å². The van der Waals surface area contributed by atoms with Gasteiger partial charge in [-0.15, -0.1) is 0 Å². The zero-order chi connectivity index (χ0) is 19.6. The lowest BCUT2D eigenvalue weighted by Gasteiger charge is -2.11. The Hall–Kier alpha value is -2.94. The zero-order valence-electron chi connectivity index (χ0n) is 14.3. The maximum atomic E-state index is 13.7. The van der Waals surface area contributed by atoms with Crippen LogP contribution in [0.25, 0.3) is 0 Å². The largest absolute Gasteiger partial charge is 0.463 e. The predicted octanol–water partition coefficient (Wildman–Crippen LogP) is 2.41. The van der Waals surface area contributed by atoms with E-state index >= 15 is 0 Å². The second-order valence-corrected chi connectivity index (χ2v) is 7.63. The number of ether oxygens (including phenoxy) is 2. The van der Waals surface area contributed by atoms with E-state index in [-0.39, 0.29) is 29.2 Å². The summed E-state index contributed by atoms with van der Waals surface area (Å²) in [6, 6.07) is 9.14. The van der Waals surface area contributed by atoms with Gasteiger partial charge in [0, 0.05) is 12.1 Å². The summed E-state index contributed by atoms with van der Waals surface area (Å²) in [5.41, 5.74) is 0.480. The lowest BCUT2D eigenvalue weighted by molar-refractivity contribution is -0.145. The minimum atomic E-state index is -4.04. The molecule has 2 aromatic carbocycles. The van der Waals surface area contributed by atoms with E-state index in [1.807, 2.05) is 0 Å². The third-order valence-corrected chi connectivity index (χ3v) is 5.32. The Labute approximate surface area is 155 Å². The molecule has 142 valence electrons. The molecule has 0 saturated carbocycles. The summed E-state index contributed by atoms with van der Waals surface area (Å²) in [4.78, 5) is 23.3. The number of rotatable bonds is 5. The van der Waals surface area contributed by atoms with Crippen molar-refractivity contribution in [3.63, 3.8) is 0 Å². The van der Waals surface area contributed by atoms with Gasteiger partial charge in [-0.1, -0.05) is 12.1 Å². The van der Waals surface area contributed by atoms with Crippen LogP contribution >= 0.6 is 0 Å². The molecule has 0 radical (unpaired) electrons. The number of nitrogens with one attached hydrogen (secondary N) is 1. The number of carbonyl (C=O) groups is 2. The van der Waals surface area contributed by atoms with Crippen LogP contribution in [-0.2, 0) is 24.3 Å². The Morgan fingerprint density at radius 2 is 2.04 bits per heavy atom. The monoisotopic (exact) mass is 393 g/mol. The number of hydrogen-bond donors (Lipinski definition) is 1. The van der Waals surface area contributed by atoms with Crippen molar-refractivity contribution in [2.24, 2.45) is 0 Å². The summed E-state index contributed by atoms with van der Waals surface area (Å²) in [6.45, 7) is 1.71. The highest BCUT2D eigenvalue weighted by Gasteiger charge is 2.30. The molecule has 0 unspecified atom stereocenters. The molecular formula is C18H16FNO6S. The highest BCUT2D eigenvalue weighted by atomic mass is 32.2. The molecule has 2 aromatic rings. The van der Waals surface area contributed by atoms with Crippen molar-refractivity contribution < 1.29 is 31.9 Å². The van der Waals surface area contributed by atoms with E-state index in [0.29, 0.717) is 5.56 Å². The second kappa shape index (κ2) is 7.36. The van der Waals surface area contributed by atoms with Crippen molar-refractivity contribution in [1.29, 1.82) is 0 Å². The first-order valence-corrected chi connectivity index (χ1v) is 9.51. The number of cyclic esters (lactones) is 1. The van der Waals surface area contributed by atoms with Gasteiger partial charge in [-0.05, 0) is 42.8 Å². The number of esters is 2. The van der Waals surface area contributed by atoms with Crippen LogP contribution in [0.1, 0.15) is 22.3 Å². The second-order valence-electron chi connectivity index (χ2n) is 5.95. The van der Waals surface area contributed by atoms with Crippen LogP contribution in [-0.4, -0.2) is 33.1 Å². The Bertz CT molecular complexity index is 1000. The molecule has 0 amide bonds. The van der Waals surface area contributed by atoms with E-state index in [4.69, 9.17) is 9.47 Å². The molecule has 1 aliphatic rings. The quantitative estimate of drug-likeness (QED) is 0.784. The molecule has 3 rings (SSSR count). The van der Waals surface area contributed by atoms with Gasteiger partial charge in [-0.25, -0.2) is 22.4 Å². The normalized spacial score (nSPS) is 16.7. The number of carbonyl (C=O) groups excluding carboxylic acids is 2. The van der Waals surface area contributed by atoms with Crippen LogP contribution in [0, 0.1) is 12.7 Å². The Morgan fingerprint density at radius 3 is 2.70 bits per heavy atom. The fourth-order valence-electron chi connectivity index (χ4n) is 2.45. The molecule has 27 heavy (non-hydrogen) atoms. The van der Waals surface area contributed by atoms with E-state index in [9.17, 15) is 22.4 Å². The molecule has 1 fully saturated rings. The number of aryl methyl sites for hydroxylation is 1. The van der Waals surface area contributed by atoms with Gasteiger partial charge < -0.3 is 9.47 Å². The van der Waals surface area contributed by atoms with Gasteiger partial charge in [0.1, 0.15) is 5.82 Å². The third-order valence-electron chi connectivity index (χ3n) is 3.94. The lowest BCUT2D eigenvalue weighted by atomic mass is 10.2. The van der Waals surface area contributed by atoms with Crippen molar-refractivity contribution in [2.45, 2.75) is 24.3 Å². The van der Waals surface area contributed by atoms with Gasteiger partial charge in [0.05, 0.1) is 17.1 Å².